The lowest BCUT2D eigenvalue weighted by Crippen LogP contribution is -2.37. The van der Waals surface area contributed by atoms with Crippen molar-refractivity contribution in [2.75, 3.05) is 6.61 Å². The molecule has 0 unspecified atom stereocenters. The number of carbonyl (C=O) groups is 2. The predicted octanol–water partition coefficient (Wildman–Crippen LogP) is 4.05. The molecular weight excluding hydrogens is 366 g/mol. The molecule has 6 heteroatoms. The minimum Gasteiger partial charge on any atom is -0.451 e. The number of nitrogens with zero attached hydrogens (tertiary/aromatic N) is 2. The summed E-state index contributed by atoms with van der Waals surface area (Å²) < 4.78 is 7.27. The number of nitriles is 1. The molecule has 6 nitrogen and oxygen atoms in total. The Morgan fingerprint density at radius 3 is 2.52 bits per heavy atom. The van der Waals surface area contributed by atoms with Crippen molar-refractivity contribution >= 4 is 18.0 Å². The van der Waals surface area contributed by atoms with Crippen LogP contribution in [0.5, 0.6) is 0 Å². The van der Waals surface area contributed by atoms with Gasteiger partial charge in [-0.25, -0.2) is 4.79 Å². The SMILES string of the molecule is Cc1cc(/C=C(\C#N)C(=O)OCC(=O)NC2CCCCCC2)c(C)n1CC(C)C. The highest BCUT2D eigenvalue weighted by atomic mass is 16.5. The molecule has 0 aromatic carbocycles. The van der Waals surface area contributed by atoms with Gasteiger partial charge in [0.1, 0.15) is 11.6 Å². The van der Waals surface area contributed by atoms with Crippen molar-refractivity contribution in [3.05, 3.63) is 28.6 Å². The van der Waals surface area contributed by atoms with Crippen LogP contribution < -0.4 is 5.32 Å². The molecule has 0 spiro atoms. The summed E-state index contributed by atoms with van der Waals surface area (Å²) in [6.07, 6.45) is 8.11. The summed E-state index contributed by atoms with van der Waals surface area (Å²) in [5.41, 5.74) is 2.80. The summed E-state index contributed by atoms with van der Waals surface area (Å²) in [5, 5.41) is 12.3. The number of aromatic nitrogens is 1. The summed E-state index contributed by atoms with van der Waals surface area (Å²) in [6.45, 7) is 8.79. The summed E-state index contributed by atoms with van der Waals surface area (Å²) in [5.74, 6) is -0.584. The Kier molecular flexibility index (Phi) is 8.50. The number of ether oxygens (including phenoxy) is 1. The monoisotopic (exact) mass is 399 g/mol. The Hall–Kier alpha value is -2.55. The molecule has 0 bridgehead atoms. The first-order valence-electron chi connectivity index (χ1n) is 10.6. The van der Waals surface area contributed by atoms with Gasteiger partial charge in [0, 0.05) is 24.0 Å². The third-order valence-corrected chi connectivity index (χ3v) is 5.36. The van der Waals surface area contributed by atoms with Gasteiger partial charge in [0.05, 0.1) is 0 Å². The first-order chi connectivity index (χ1) is 13.8. The van der Waals surface area contributed by atoms with Crippen molar-refractivity contribution in [2.45, 2.75) is 78.8 Å². The van der Waals surface area contributed by atoms with E-state index >= 15 is 0 Å². The molecule has 1 aromatic heterocycles. The van der Waals surface area contributed by atoms with Crippen molar-refractivity contribution in [2.24, 2.45) is 5.92 Å². The Morgan fingerprint density at radius 2 is 1.93 bits per heavy atom. The van der Waals surface area contributed by atoms with Crippen molar-refractivity contribution < 1.29 is 14.3 Å². The van der Waals surface area contributed by atoms with E-state index in [2.05, 4.69) is 23.7 Å². The van der Waals surface area contributed by atoms with Crippen LogP contribution in [0.4, 0.5) is 0 Å². The molecule has 158 valence electrons. The third kappa shape index (κ3) is 6.77. The molecule has 1 fully saturated rings. The van der Waals surface area contributed by atoms with E-state index in [-0.39, 0.29) is 24.1 Å². The van der Waals surface area contributed by atoms with Gasteiger partial charge in [0.25, 0.3) is 5.91 Å². The van der Waals surface area contributed by atoms with Crippen LogP contribution in [0.25, 0.3) is 6.08 Å². The summed E-state index contributed by atoms with van der Waals surface area (Å²) in [7, 11) is 0. The number of rotatable bonds is 7. The van der Waals surface area contributed by atoms with E-state index in [1.54, 1.807) is 6.08 Å². The number of hydrogen-bond donors (Lipinski definition) is 1. The number of carbonyl (C=O) groups excluding carboxylic acids is 2. The fraction of sp³-hybridized carbons (Fsp3) is 0.609. The number of aryl methyl sites for hydroxylation is 1. The average Bonchev–Trinajstić information content (AvgIpc) is 2.85. The van der Waals surface area contributed by atoms with Gasteiger partial charge < -0.3 is 14.6 Å². The van der Waals surface area contributed by atoms with Crippen molar-refractivity contribution in [1.29, 1.82) is 5.26 Å². The van der Waals surface area contributed by atoms with Crippen LogP contribution in [0.1, 0.15) is 69.3 Å². The van der Waals surface area contributed by atoms with E-state index in [1.165, 1.54) is 12.8 Å². The topological polar surface area (TPSA) is 84.1 Å². The van der Waals surface area contributed by atoms with E-state index in [0.29, 0.717) is 5.92 Å². The standard InChI is InChI=1S/C23H33N3O3/c1-16(2)14-26-17(3)11-19(18(26)4)12-20(13-24)23(28)29-15-22(27)25-21-9-7-5-6-8-10-21/h11-12,16,21H,5-10,14-15H2,1-4H3,(H,25,27)/b20-12+. The second kappa shape index (κ2) is 10.8. The lowest BCUT2D eigenvalue weighted by Gasteiger charge is -2.16. The first kappa shape index (κ1) is 22.7. The van der Waals surface area contributed by atoms with Crippen LogP contribution in [0.3, 0.4) is 0 Å². The molecule has 1 saturated carbocycles. The summed E-state index contributed by atoms with van der Waals surface area (Å²) in [4.78, 5) is 24.4. The van der Waals surface area contributed by atoms with Gasteiger partial charge >= 0.3 is 5.97 Å². The van der Waals surface area contributed by atoms with Crippen molar-refractivity contribution in [3.8, 4) is 6.07 Å². The van der Waals surface area contributed by atoms with Crippen LogP contribution in [0.2, 0.25) is 0 Å². The van der Waals surface area contributed by atoms with E-state index in [4.69, 9.17) is 4.74 Å². The Labute approximate surface area is 173 Å². The van der Waals surface area contributed by atoms with Crippen LogP contribution in [-0.2, 0) is 20.9 Å². The maximum Gasteiger partial charge on any atom is 0.349 e. The normalized spacial score (nSPS) is 15.7. The fourth-order valence-corrected chi connectivity index (χ4v) is 3.81. The molecule has 1 heterocycles. The zero-order valence-electron chi connectivity index (χ0n) is 18.1. The molecule has 0 radical (unpaired) electrons. The van der Waals surface area contributed by atoms with Gasteiger partial charge in [0.2, 0.25) is 0 Å². The Balaban J connectivity index is 1.98. The molecule has 1 N–H and O–H groups in total. The molecule has 1 aliphatic carbocycles. The van der Waals surface area contributed by atoms with Crippen LogP contribution in [-0.4, -0.2) is 29.1 Å². The number of nitrogens with one attached hydrogen (secondary N) is 1. The molecule has 1 amide bonds. The second-order valence-electron chi connectivity index (χ2n) is 8.33. The number of amides is 1. The maximum absolute atomic E-state index is 12.3. The third-order valence-electron chi connectivity index (χ3n) is 5.36. The fourth-order valence-electron chi connectivity index (χ4n) is 3.81. The molecule has 0 aliphatic heterocycles. The number of esters is 1. The summed E-state index contributed by atoms with van der Waals surface area (Å²) in [6, 6.07) is 4.02. The molecule has 29 heavy (non-hydrogen) atoms. The minimum atomic E-state index is -0.767. The zero-order chi connectivity index (χ0) is 21.4. The lowest BCUT2D eigenvalue weighted by atomic mass is 10.1. The maximum atomic E-state index is 12.3. The van der Waals surface area contributed by atoms with Gasteiger partial charge in [-0.05, 0) is 50.3 Å². The van der Waals surface area contributed by atoms with Crippen LogP contribution in [0, 0.1) is 31.1 Å². The minimum absolute atomic E-state index is 0.0999. The van der Waals surface area contributed by atoms with Crippen molar-refractivity contribution in [3.63, 3.8) is 0 Å². The lowest BCUT2D eigenvalue weighted by molar-refractivity contribution is -0.144. The Morgan fingerprint density at radius 1 is 1.28 bits per heavy atom. The van der Waals surface area contributed by atoms with Gasteiger partial charge in [-0.2, -0.15) is 5.26 Å². The van der Waals surface area contributed by atoms with Gasteiger partial charge in [-0.15, -0.1) is 0 Å². The predicted molar refractivity (Wildman–Crippen MR) is 113 cm³/mol. The molecule has 1 aliphatic rings. The Bertz CT molecular complexity index is 791. The molecule has 0 saturated heterocycles. The highest BCUT2D eigenvalue weighted by Crippen LogP contribution is 2.20. The van der Waals surface area contributed by atoms with Gasteiger partial charge in [-0.1, -0.05) is 39.5 Å². The van der Waals surface area contributed by atoms with E-state index in [0.717, 1.165) is 49.2 Å². The first-order valence-corrected chi connectivity index (χ1v) is 10.6. The van der Waals surface area contributed by atoms with Gasteiger partial charge in [0.15, 0.2) is 6.61 Å². The molecule has 1 aromatic rings. The molecule has 2 rings (SSSR count). The highest BCUT2D eigenvalue weighted by molar-refractivity contribution is 5.99. The smallest absolute Gasteiger partial charge is 0.349 e. The van der Waals surface area contributed by atoms with Gasteiger partial charge in [-0.3, -0.25) is 4.79 Å². The van der Waals surface area contributed by atoms with E-state index in [9.17, 15) is 14.9 Å². The van der Waals surface area contributed by atoms with E-state index in [1.807, 2.05) is 26.0 Å². The average molecular weight is 400 g/mol. The quantitative estimate of drug-likeness (QED) is 0.324. The van der Waals surface area contributed by atoms with Crippen molar-refractivity contribution in [1.82, 2.24) is 9.88 Å². The zero-order valence-corrected chi connectivity index (χ0v) is 18.1. The highest BCUT2D eigenvalue weighted by Gasteiger charge is 2.18. The molecular formula is C23H33N3O3. The number of hydrogen-bond acceptors (Lipinski definition) is 4. The van der Waals surface area contributed by atoms with E-state index < -0.39 is 5.97 Å². The van der Waals surface area contributed by atoms with Crippen LogP contribution in [0.15, 0.2) is 11.6 Å². The second-order valence-corrected chi connectivity index (χ2v) is 8.33. The van der Waals surface area contributed by atoms with Crippen LogP contribution >= 0.6 is 0 Å². The molecule has 0 atom stereocenters. The largest absolute Gasteiger partial charge is 0.451 e. The summed E-state index contributed by atoms with van der Waals surface area (Å²) >= 11 is 0.